The van der Waals surface area contributed by atoms with Crippen molar-refractivity contribution in [3.05, 3.63) is 71.4 Å². The van der Waals surface area contributed by atoms with Gasteiger partial charge in [0.15, 0.2) is 10.8 Å². The summed E-state index contributed by atoms with van der Waals surface area (Å²) in [5.74, 6) is -0.876. The van der Waals surface area contributed by atoms with Crippen molar-refractivity contribution in [1.29, 1.82) is 0 Å². The quantitative estimate of drug-likeness (QED) is 0.466. The number of thiazole rings is 1. The molecule has 2 aromatic heterocycles. The summed E-state index contributed by atoms with van der Waals surface area (Å²) in [6.07, 6.45) is 1.66. The fraction of sp³-hybridized carbons (Fsp3) is 0.292. The van der Waals surface area contributed by atoms with Crippen molar-refractivity contribution in [2.24, 2.45) is 5.92 Å². The lowest BCUT2D eigenvalue weighted by molar-refractivity contribution is -0.125. The first kappa shape index (κ1) is 21.5. The van der Waals surface area contributed by atoms with Crippen molar-refractivity contribution in [3.8, 4) is 5.69 Å². The Labute approximate surface area is 193 Å². The SMILES string of the molecule is Cc1nn(-c2ccc(F)cc2)c2nc(N3CCC[C@@H](C(=O)NCc4ccccc4F)C3)sc12. The lowest BCUT2D eigenvalue weighted by atomic mass is 9.97. The third kappa shape index (κ3) is 4.32. The Kier molecular flexibility index (Phi) is 5.80. The number of fused-ring (bicyclic) bond motifs is 1. The van der Waals surface area contributed by atoms with Gasteiger partial charge in [-0.1, -0.05) is 29.5 Å². The molecule has 6 nitrogen and oxygen atoms in total. The van der Waals surface area contributed by atoms with Gasteiger partial charge in [0.1, 0.15) is 11.6 Å². The van der Waals surface area contributed by atoms with Gasteiger partial charge in [-0.2, -0.15) is 10.1 Å². The zero-order chi connectivity index (χ0) is 22.9. The van der Waals surface area contributed by atoms with Crippen molar-refractivity contribution in [2.75, 3.05) is 18.0 Å². The molecule has 0 unspecified atom stereocenters. The number of anilines is 1. The number of carbonyl (C=O) groups is 1. The Morgan fingerprint density at radius 3 is 2.76 bits per heavy atom. The molecule has 0 bridgehead atoms. The van der Waals surface area contributed by atoms with Gasteiger partial charge in [0.25, 0.3) is 0 Å². The summed E-state index contributed by atoms with van der Waals surface area (Å²) < 4.78 is 29.9. The molecule has 33 heavy (non-hydrogen) atoms. The highest BCUT2D eigenvalue weighted by atomic mass is 32.1. The number of aryl methyl sites for hydroxylation is 1. The summed E-state index contributed by atoms with van der Waals surface area (Å²) in [5, 5.41) is 8.29. The second kappa shape index (κ2) is 8.90. The minimum absolute atomic E-state index is 0.0715. The Bertz CT molecular complexity index is 1300. The van der Waals surface area contributed by atoms with E-state index in [-0.39, 0.29) is 30.0 Å². The molecule has 1 aliphatic heterocycles. The minimum atomic E-state index is -0.317. The van der Waals surface area contributed by atoms with Crippen LogP contribution in [0.5, 0.6) is 0 Å². The lowest BCUT2D eigenvalue weighted by Crippen LogP contribution is -2.43. The molecule has 0 aliphatic carbocycles. The van der Waals surface area contributed by atoms with Crippen LogP contribution in [0.4, 0.5) is 13.9 Å². The van der Waals surface area contributed by atoms with E-state index in [2.05, 4.69) is 15.3 Å². The van der Waals surface area contributed by atoms with E-state index < -0.39 is 0 Å². The highest BCUT2D eigenvalue weighted by molar-refractivity contribution is 7.22. The number of hydrogen-bond donors (Lipinski definition) is 1. The number of nitrogens with zero attached hydrogens (tertiary/aromatic N) is 4. The number of nitrogens with one attached hydrogen (secondary N) is 1. The maximum Gasteiger partial charge on any atom is 0.225 e. The first-order valence-electron chi connectivity index (χ1n) is 10.9. The van der Waals surface area contributed by atoms with Crippen molar-refractivity contribution in [2.45, 2.75) is 26.3 Å². The molecule has 3 heterocycles. The number of carbonyl (C=O) groups excluding carboxylic acids is 1. The van der Waals surface area contributed by atoms with Crippen LogP contribution in [0.25, 0.3) is 16.0 Å². The van der Waals surface area contributed by atoms with E-state index in [4.69, 9.17) is 4.98 Å². The second-order valence-electron chi connectivity index (χ2n) is 8.22. The topological polar surface area (TPSA) is 63.1 Å². The van der Waals surface area contributed by atoms with Gasteiger partial charge in [-0.05, 0) is 50.1 Å². The monoisotopic (exact) mass is 467 g/mol. The van der Waals surface area contributed by atoms with Gasteiger partial charge in [0, 0.05) is 25.2 Å². The van der Waals surface area contributed by atoms with E-state index in [9.17, 15) is 13.6 Å². The number of piperidine rings is 1. The zero-order valence-electron chi connectivity index (χ0n) is 18.1. The number of aromatic nitrogens is 3. The largest absolute Gasteiger partial charge is 0.352 e. The molecule has 1 N–H and O–H groups in total. The van der Waals surface area contributed by atoms with Gasteiger partial charge in [0.2, 0.25) is 5.91 Å². The number of amides is 1. The van der Waals surface area contributed by atoms with Crippen LogP contribution in [0.2, 0.25) is 0 Å². The normalized spacial score (nSPS) is 16.3. The van der Waals surface area contributed by atoms with E-state index >= 15 is 0 Å². The first-order chi connectivity index (χ1) is 16.0. The van der Waals surface area contributed by atoms with E-state index in [0.29, 0.717) is 12.1 Å². The number of hydrogen-bond acceptors (Lipinski definition) is 5. The molecule has 4 aromatic rings. The Hall–Kier alpha value is -3.33. The van der Waals surface area contributed by atoms with Gasteiger partial charge in [-0.3, -0.25) is 4.79 Å². The third-order valence-corrected chi connectivity index (χ3v) is 7.14. The van der Waals surface area contributed by atoms with Crippen LogP contribution >= 0.6 is 11.3 Å². The predicted molar refractivity (Wildman–Crippen MR) is 125 cm³/mol. The van der Waals surface area contributed by atoms with Crippen LogP contribution in [0, 0.1) is 24.5 Å². The molecule has 1 amide bonds. The van der Waals surface area contributed by atoms with Gasteiger partial charge >= 0.3 is 0 Å². The van der Waals surface area contributed by atoms with Crippen LogP contribution in [-0.2, 0) is 11.3 Å². The average molecular weight is 468 g/mol. The average Bonchev–Trinajstić information content (AvgIpc) is 3.40. The summed E-state index contributed by atoms with van der Waals surface area (Å²) in [6.45, 7) is 3.48. The van der Waals surface area contributed by atoms with Crippen molar-refractivity contribution in [3.63, 3.8) is 0 Å². The molecule has 0 saturated carbocycles. The van der Waals surface area contributed by atoms with Crippen LogP contribution in [0.15, 0.2) is 48.5 Å². The summed E-state index contributed by atoms with van der Waals surface area (Å²) in [6, 6.07) is 12.6. The van der Waals surface area contributed by atoms with E-state index in [1.165, 1.54) is 18.2 Å². The number of halogens is 2. The summed E-state index contributed by atoms with van der Waals surface area (Å²) in [4.78, 5) is 19.7. The zero-order valence-corrected chi connectivity index (χ0v) is 18.9. The highest BCUT2D eigenvalue weighted by Crippen LogP contribution is 2.34. The molecule has 0 radical (unpaired) electrons. The van der Waals surface area contributed by atoms with E-state index in [0.717, 1.165) is 46.2 Å². The van der Waals surface area contributed by atoms with Crippen LogP contribution in [-0.4, -0.2) is 33.8 Å². The van der Waals surface area contributed by atoms with Crippen molar-refractivity contribution in [1.82, 2.24) is 20.1 Å². The van der Waals surface area contributed by atoms with E-state index in [1.807, 2.05) is 6.92 Å². The summed E-state index contributed by atoms with van der Waals surface area (Å²) >= 11 is 1.55. The Morgan fingerprint density at radius 1 is 1.18 bits per heavy atom. The Balaban J connectivity index is 1.32. The van der Waals surface area contributed by atoms with Gasteiger partial charge in [-0.25, -0.2) is 13.5 Å². The fourth-order valence-electron chi connectivity index (χ4n) is 4.15. The van der Waals surface area contributed by atoms with Crippen molar-refractivity contribution < 1.29 is 13.6 Å². The minimum Gasteiger partial charge on any atom is -0.352 e. The number of rotatable bonds is 5. The summed E-state index contributed by atoms with van der Waals surface area (Å²) in [5.41, 5.74) is 2.81. The van der Waals surface area contributed by atoms with Gasteiger partial charge < -0.3 is 10.2 Å². The van der Waals surface area contributed by atoms with Crippen LogP contribution < -0.4 is 10.2 Å². The van der Waals surface area contributed by atoms with E-state index in [1.54, 1.807) is 46.4 Å². The molecule has 1 saturated heterocycles. The molecule has 1 atom stereocenters. The van der Waals surface area contributed by atoms with Gasteiger partial charge in [0.05, 0.1) is 22.0 Å². The van der Waals surface area contributed by atoms with Gasteiger partial charge in [-0.15, -0.1) is 0 Å². The summed E-state index contributed by atoms with van der Waals surface area (Å²) in [7, 11) is 0. The maximum atomic E-state index is 13.9. The molecule has 1 aliphatic rings. The predicted octanol–water partition coefficient (Wildman–Crippen LogP) is 4.60. The molecule has 170 valence electrons. The molecular weight excluding hydrogens is 444 g/mol. The molecular formula is C24H23F2N5OS. The molecule has 0 spiro atoms. The molecule has 2 aromatic carbocycles. The molecule has 9 heteroatoms. The first-order valence-corrected chi connectivity index (χ1v) is 11.7. The molecule has 5 rings (SSSR count). The highest BCUT2D eigenvalue weighted by Gasteiger charge is 2.28. The fourth-order valence-corrected chi connectivity index (χ4v) is 5.18. The molecule has 1 fully saturated rings. The lowest BCUT2D eigenvalue weighted by Gasteiger charge is -2.31. The van der Waals surface area contributed by atoms with Crippen LogP contribution in [0.1, 0.15) is 24.1 Å². The number of benzene rings is 2. The smallest absolute Gasteiger partial charge is 0.225 e. The maximum absolute atomic E-state index is 13.9. The van der Waals surface area contributed by atoms with Crippen LogP contribution in [0.3, 0.4) is 0 Å². The Morgan fingerprint density at radius 2 is 1.97 bits per heavy atom. The standard InChI is InChI=1S/C24H23F2N5OS/c1-15-21-22(31(29-15)19-10-8-18(25)9-11-19)28-24(33-21)30-12-4-6-17(14-30)23(32)27-13-16-5-2-3-7-20(16)26/h2-3,5,7-11,17H,4,6,12-14H2,1H3,(H,27,32)/t17-/m1/s1. The second-order valence-corrected chi connectivity index (χ2v) is 9.19. The van der Waals surface area contributed by atoms with Crippen molar-refractivity contribution >= 4 is 32.7 Å². The third-order valence-electron chi connectivity index (χ3n) is 5.92.